The topological polar surface area (TPSA) is 37.3 Å². The highest BCUT2D eigenvalue weighted by molar-refractivity contribution is 5.83. The van der Waals surface area contributed by atoms with Crippen LogP contribution in [0.1, 0.15) is 239 Å². The minimum atomic E-state index is -1.19. The van der Waals surface area contributed by atoms with E-state index in [1.165, 1.54) is 33.4 Å². The van der Waals surface area contributed by atoms with Gasteiger partial charge in [0.05, 0.1) is 11.3 Å². The van der Waals surface area contributed by atoms with E-state index in [9.17, 15) is 5.11 Å². The normalized spacial score (nSPS) is 14.6. The average molecular weight is 827 g/mol. The summed E-state index contributed by atoms with van der Waals surface area (Å²) in [4.78, 5) is 15.3. The standard InChI is InChI=1S/C59H86O2/c1-51(2,3)38-25-37(26-39(27-38)52(4,5)6)49(50(60)61)59(46-31-40(53(7,8)9)28-41(32-46)54(10,11)12,47-33-42(55(13,14)15)29-43(34-47)56(16,17)18)48-35-44(57(19,20)21)30-45(36-48)58(22,23)24/h25-36,49H,1-24H3,(H,60,61). The van der Waals surface area contributed by atoms with Crippen LogP contribution in [0.4, 0.5) is 0 Å². The molecule has 61 heavy (non-hydrogen) atoms. The largest absolute Gasteiger partial charge is 0.481 e. The minimum absolute atomic E-state index is 0.209. The molecule has 0 aliphatic heterocycles. The number of benzene rings is 4. The van der Waals surface area contributed by atoms with Gasteiger partial charge in [0, 0.05) is 0 Å². The van der Waals surface area contributed by atoms with E-state index < -0.39 is 17.3 Å². The van der Waals surface area contributed by atoms with E-state index in [2.05, 4.69) is 239 Å². The predicted molar refractivity (Wildman–Crippen MR) is 266 cm³/mol. The van der Waals surface area contributed by atoms with Gasteiger partial charge in [-0.2, -0.15) is 0 Å². The molecule has 2 nitrogen and oxygen atoms in total. The van der Waals surface area contributed by atoms with Crippen molar-refractivity contribution in [3.05, 3.63) is 140 Å². The van der Waals surface area contributed by atoms with Crippen LogP contribution in [0.5, 0.6) is 0 Å². The van der Waals surface area contributed by atoms with Crippen LogP contribution in [0, 0.1) is 0 Å². The Morgan fingerprint density at radius 3 is 0.590 bits per heavy atom. The lowest BCUT2D eigenvalue weighted by Gasteiger charge is -2.45. The van der Waals surface area contributed by atoms with Gasteiger partial charge in [-0.3, -0.25) is 4.79 Å². The maximum Gasteiger partial charge on any atom is 0.312 e. The lowest BCUT2D eigenvalue weighted by molar-refractivity contribution is -0.140. The highest BCUT2D eigenvalue weighted by atomic mass is 16.4. The van der Waals surface area contributed by atoms with Crippen LogP contribution in [-0.4, -0.2) is 11.1 Å². The molecule has 4 aromatic carbocycles. The quantitative estimate of drug-likeness (QED) is 0.197. The molecule has 0 radical (unpaired) electrons. The van der Waals surface area contributed by atoms with Crippen LogP contribution < -0.4 is 0 Å². The zero-order valence-corrected chi connectivity index (χ0v) is 43.4. The minimum Gasteiger partial charge on any atom is -0.481 e. The van der Waals surface area contributed by atoms with Crippen molar-refractivity contribution >= 4 is 5.97 Å². The van der Waals surface area contributed by atoms with Gasteiger partial charge in [-0.15, -0.1) is 0 Å². The first kappa shape index (κ1) is 50.0. The third kappa shape index (κ3) is 10.8. The summed E-state index contributed by atoms with van der Waals surface area (Å²) in [5.74, 6) is -1.84. The van der Waals surface area contributed by atoms with Crippen LogP contribution >= 0.6 is 0 Å². The van der Waals surface area contributed by atoms with Crippen molar-refractivity contribution in [2.75, 3.05) is 0 Å². The van der Waals surface area contributed by atoms with Gasteiger partial charge in [0.2, 0.25) is 0 Å². The van der Waals surface area contributed by atoms with Crippen molar-refractivity contribution in [2.24, 2.45) is 0 Å². The molecule has 0 saturated heterocycles. The number of aliphatic carboxylic acids is 1. The van der Waals surface area contributed by atoms with Crippen molar-refractivity contribution < 1.29 is 9.90 Å². The zero-order chi connectivity index (χ0) is 47.1. The van der Waals surface area contributed by atoms with E-state index in [4.69, 9.17) is 0 Å². The van der Waals surface area contributed by atoms with Crippen LogP contribution in [0.3, 0.4) is 0 Å². The maximum atomic E-state index is 15.3. The molecule has 2 heteroatoms. The predicted octanol–water partition coefficient (Wildman–Crippen LogP) is 16.3. The number of carboxylic acid groups (broad SMARTS) is 1. The number of hydrogen-bond acceptors (Lipinski definition) is 1. The summed E-state index contributed by atoms with van der Waals surface area (Å²) in [6.07, 6.45) is 0. The lowest BCUT2D eigenvalue weighted by Crippen LogP contribution is -2.42. The monoisotopic (exact) mass is 827 g/mol. The Bertz CT molecular complexity index is 1930. The smallest absolute Gasteiger partial charge is 0.312 e. The molecule has 0 amide bonds. The van der Waals surface area contributed by atoms with Gasteiger partial charge in [0.25, 0.3) is 0 Å². The van der Waals surface area contributed by atoms with Crippen LogP contribution in [-0.2, 0) is 53.5 Å². The molecule has 0 spiro atoms. The molecule has 0 fully saturated rings. The molecule has 0 saturated carbocycles. The van der Waals surface area contributed by atoms with Crippen molar-refractivity contribution in [3.8, 4) is 0 Å². The summed E-state index contributed by atoms with van der Waals surface area (Å²) in [6.45, 7) is 54.6. The van der Waals surface area contributed by atoms with Crippen LogP contribution in [0.2, 0.25) is 0 Å². The molecule has 4 aromatic rings. The number of hydrogen-bond donors (Lipinski definition) is 1. The van der Waals surface area contributed by atoms with Crippen molar-refractivity contribution in [3.63, 3.8) is 0 Å². The Kier molecular flexibility index (Phi) is 13.0. The molecule has 1 unspecified atom stereocenters. The van der Waals surface area contributed by atoms with Crippen LogP contribution in [0.15, 0.2) is 72.8 Å². The zero-order valence-electron chi connectivity index (χ0n) is 43.4. The fourth-order valence-electron chi connectivity index (χ4n) is 8.43. The Labute approximate surface area is 374 Å². The first-order chi connectivity index (χ1) is 27.1. The fraction of sp³-hybridized carbons (Fsp3) is 0.576. The van der Waals surface area contributed by atoms with Gasteiger partial charge >= 0.3 is 5.97 Å². The maximum absolute atomic E-state index is 15.3. The van der Waals surface area contributed by atoms with E-state index in [0.29, 0.717) is 0 Å². The molecule has 0 aliphatic carbocycles. The van der Waals surface area contributed by atoms with Crippen molar-refractivity contribution in [1.82, 2.24) is 0 Å². The Morgan fingerprint density at radius 1 is 0.295 bits per heavy atom. The van der Waals surface area contributed by atoms with E-state index in [-0.39, 0.29) is 43.3 Å². The number of carbonyl (C=O) groups is 1. The average Bonchev–Trinajstić information content (AvgIpc) is 3.06. The fourth-order valence-corrected chi connectivity index (χ4v) is 8.43. The van der Waals surface area contributed by atoms with E-state index in [1.54, 1.807) is 0 Å². The van der Waals surface area contributed by atoms with Gasteiger partial charge < -0.3 is 5.11 Å². The summed E-state index contributed by atoms with van der Waals surface area (Å²) < 4.78 is 0. The molecular weight excluding hydrogens is 741 g/mol. The highest BCUT2D eigenvalue weighted by Crippen LogP contribution is 2.55. The molecule has 1 N–H and O–H groups in total. The molecule has 334 valence electrons. The third-order valence-electron chi connectivity index (χ3n) is 13.1. The Hall–Kier alpha value is -3.65. The molecule has 0 bridgehead atoms. The summed E-state index contributed by atoms with van der Waals surface area (Å²) >= 11 is 0. The molecule has 0 heterocycles. The molecular formula is C59H86O2. The number of rotatable bonds is 6. The first-order valence-corrected chi connectivity index (χ1v) is 23.0. The molecule has 0 aromatic heterocycles. The van der Waals surface area contributed by atoms with Crippen LogP contribution in [0.25, 0.3) is 0 Å². The van der Waals surface area contributed by atoms with Gasteiger partial charge in [0.1, 0.15) is 0 Å². The molecule has 0 aliphatic rings. The molecule has 1 atom stereocenters. The summed E-state index contributed by atoms with van der Waals surface area (Å²) in [5.41, 5.74) is 10.5. The summed E-state index contributed by atoms with van der Waals surface area (Å²) in [5, 5.41) is 12.5. The van der Waals surface area contributed by atoms with Gasteiger partial charge in [-0.05, 0) is 110 Å². The SMILES string of the molecule is CC(C)(C)c1cc(C(C(=O)O)C(c2cc(C(C)(C)C)cc(C(C)(C)C)c2)(c2cc(C(C)(C)C)cc(C(C)(C)C)c2)c2cc(C(C)(C)C)cc(C(C)(C)C)c2)cc(C(C)(C)C)c1. The van der Waals surface area contributed by atoms with Crippen molar-refractivity contribution in [2.45, 2.75) is 221 Å². The Morgan fingerprint density at radius 2 is 0.443 bits per heavy atom. The number of carboxylic acids is 1. The second-order valence-electron chi connectivity index (χ2n) is 26.8. The van der Waals surface area contributed by atoms with E-state index in [1.807, 2.05) is 0 Å². The van der Waals surface area contributed by atoms with Gasteiger partial charge in [-0.25, -0.2) is 0 Å². The molecule has 4 rings (SSSR count). The van der Waals surface area contributed by atoms with Gasteiger partial charge in [0.15, 0.2) is 0 Å². The second kappa shape index (κ2) is 15.9. The van der Waals surface area contributed by atoms with E-state index >= 15 is 4.79 Å². The third-order valence-corrected chi connectivity index (χ3v) is 13.1. The lowest BCUT2D eigenvalue weighted by atomic mass is 9.56. The summed E-state index contributed by atoms with van der Waals surface area (Å²) in [6, 6.07) is 28.2. The van der Waals surface area contributed by atoms with Gasteiger partial charge in [-0.1, -0.05) is 239 Å². The first-order valence-electron chi connectivity index (χ1n) is 23.0. The summed E-state index contributed by atoms with van der Waals surface area (Å²) in [7, 11) is 0. The van der Waals surface area contributed by atoms with E-state index in [0.717, 1.165) is 33.4 Å². The van der Waals surface area contributed by atoms with Crippen molar-refractivity contribution in [1.29, 1.82) is 0 Å². The second-order valence-corrected chi connectivity index (χ2v) is 26.8. The highest BCUT2D eigenvalue weighted by Gasteiger charge is 2.51. The Balaban J connectivity index is 2.64.